The van der Waals surface area contributed by atoms with Crippen LogP contribution in [0.5, 0.6) is 11.5 Å². The topological polar surface area (TPSA) is 35.5 Å². The van der Waals surface area contributed by atoms with Crippen molar-refractivity contribution in [1.29, 1.82) is 0 Å². The Kier molecular flexibility index (Phi) is 5.79. The SMILES string of the molecule is O=C(CCCOc1ccc(Cl)cc1Cl)Oc1ccc2ccccc2c1. The van der Waals surface area contributed by atoms with Gasteiger partial charge < -0.3 is 9.47 Å². The molecule has 0 bridgehead atoms. The molecule has 0 amide bonds. The molecule has 0 fully saturated rings. The summed E-state index contributed by atoms with van der Waals surface area (Å²) in [6, 6.07) is 18.5. The number of halogens is 2. The quantitative estimate of drug-likeness (QED) is 0.305. The molecule has 0 aromatic heterocycles. The molecule has 3 rings (SSSR count). The van der Waals surface area contributed by atoms with Crippen LogP contribution in [0, 0.1) is 0 Å². The molecule has 0 aliphatic heterocycles. The van der Waals surface area contributed by atoms with Crippen LogP contribution in [0.15, 0.2) is 60.7 Å². The number of hydrogen-bond acceptors (Lipinski definition) is 3. The zero-order valence-corrected chi connectivity index (χ0v) is 14.9. The highest BCUT2D eigenvalue weighted by molar-refractivity contribution is 6.35. The minimum absolute atomic E-state index is 0.262. The molecule has 0 aliphatic carbocycles. The van der Waals surface area contributed by atoms with Crippen molar-refractivity contribution in [3.63, 3.8) is 0 Å². The first-order valence-corrected chi connectivity index (χ1v) is 8.65. The second-order valence-corrected chi connectivity index (χ2v) is 6.35. The van der Waals surface area contributed by atoms with Crippen molar-refractivity contribution in [2.24, 2.45) is 0 Å². The molecule has 0 spiro atoms. The third-order valence-electron chi connectivity index (χ3n) is 3.63. The number of rotatable bonds is 6. The fourth-order valence-electron chi connectivity index (χ4n) is 2.40. The molecule has 128 valence electrons. The van der Waals surface area contributed by atoms with Gasteiger partial charge >= 0.3 is 5.97 Å². The molecule has 0 saturated heterocycles. The predicted octanol–water partition coefficient (Wildman–Crippen LogP) is 5.91. The zero-order valence-electron chi connectivity index (χ0n) is 13.4. The Morgan fingerprint density at radius 2 is 1.72 bits per heavy atom. The van der Waals surface area contributed by atoms with Crippen molar-refractivity contribution in [1.82, 2.24) is 0 Å². The van der Waals surface area contributed by atoms with E-state index in [4.69, 9.17) is 32.7 Å². The predicted molar refractivity (Wildman–Crippen MR) is 101 cm³/mol. The highest BCUT2D eigenvalue weighted by Gasteiger charge is 2.07. The Hall–Kier alpha value is -2.23. The van der Waals surface area contributed by atoms with Gasteiger partial charge in [-0.1, -0.05) is 53.5 Å². The van der Waals surface area contributed by atoms with Crippen LogP contribution in [-0.2, 0) is 4.79 Å². The van der Waals surface area contributed by atoms with E-state index >= 15 is 0 Å². The van der Waals surface area contributed by atoms with E-state index in [9.17, 15) is 4.79 Å². The molecule has 0 radical (unpaired) electrons. The molecule has 0 heterocycles. The van der Waals surface area contributed by atoms with Gasteiger partial charge in [0, 0.05) is 11.4 Å². The van der Waals surface area contributed by atoms with E-state index in [0.29, 0.717) is 34.6 Å². The van der Waals surface area contributed by atoms with E-state index < -0.39 is 0 Å². The fraction of sp³-hybridized carbons (Fsp3) is 0.150. The van der Waals surface area contributed by atoms with Gasteiger partial charge in [0.05, 0.1) is 11.6 Å². The lowest BCUT2D eigenvalue weighted by Crippen LogP contribution is -2.10. The van der Waals surface area contributed by atoms with Gasteiger partial charge in [0.2, 0.25) is 0 Å². The maximum Gasteiger partial charge on any atom is 0.311 e. The van der Waals surface area contributed by atoms with Crippen LogP contribution in [0.4, 0.5) is 0 Å². The van der Waals surface area contributed by atoms with Gasteiger partial charge in [-0.05, 0) is 47.5 Å². The Morgan fingerprint density at radius 3 is 2.52 bits per heavy atom. The van der Waals surface area contributed by atoms with Crippen LogP contribution in [-0.4, -0.2) is 12.6 Å². The number of hydrogen-bond donors (Lipinski definition) is 0. The van der Waals surface area contributed by atoms with Crippen molar-refractivity contribution in [3.05, 3.63) is 70.7 Å². The fourth-order valence-corrected chi connectivity index (χ4v) is 2.87. The monoisotopic (exact) mass is 374 g/mol. The van der Waals surface area contributed by atoms with Gasteiger partial charge in [0.1, 0.15) is 11.5 Å². The smallest absolute Gasteiger partial charge is 0.311 e. The summed E-state index contributed by atoms with van der Waals surface area (Å²) < 4.78 is 10.9. The van der Waals surface area contributed by atoms with Crippen molar-refractivity contribution >= 4 is 39.9 Å². The highest BCUT2D eigenvalue weighted by Crippen LogP contribution is 2.27. The number of ether oxygens (including phenoxy) is 2. The van der Waals surface area contributed by atoms with Crippen LogP contribution in [0.25, 0.3) is 10.8 Å². The second-order valence-electron chi connectivity index (χ2n) is 5.51. The zero-order chi connectivity index (χ0) is 17.6. The van der Waals surface area contributed by atoms with Crippen LogP contribution >= 0.6 is 23.2 Å². The minimum Gasteiger partial charge on any atom is -0.492 e. The Labute approximate surface area is 156 Å². The maximum atomic E-state index is 12.0. The average molecular weight is 375 g/mol. The Morgan fingerprint density at radius 1 is 0.920 bits per heavy atom. The number of fused-ring (bicyclic) bond motifs is 1. The second kappa shape index (κ2) is 8.24. The van der Waals surface area contributed by atoms with Crippen LogP contribution in [0.3, 0.4) is 0 Å². The maximum absolute atomic E-state index is 12.0. The number of benzene rings is 3. The van der Waals surface area contributed by atoms with E-state index in [1.54, 1.807) is 24.3 Å². The molecular formula is C20H16Cl2O3. The first-order chi connectivity index (χ1) is 12.1. The van der Waals surface area contributed by atoms with Crippen molar-refractivity contribution in [2.75, 3.05) is 6.61 Å². The molecule has 0 atom stereocenters. The van der Waals surface area contributed by atoms with Crippen molar-refractivity contribution < 1.29 is 14.3 Å². The summed E-state index contributed by atoms with van der Waals surface area (Å²) in [5.41, 5.74) is 0. The summed E-state index contributed by atoms with van der Waals surface area (Å²) in [5, 5.41) is 3.15. The molecule has 3 aromatic rings. The van der Waals surface area contributed by atoms with Crippen LogP contribution < -0.4 is 9.47 Å². The molecule has 3 nitrogen and oxygen atoms in total. The summed E-state index contributed by atoms with van der Waals surface area (Å²) in [4.78, 5) is 12.0. The molecule has 0 aliphatic rings. The van der Waals surface area contributed by atoms with Gasteiger partial charge in [-0.25, -0.2) is 0 Å². The molecule has 3 aromatic carbocycles. The van der Waals surface area contributed by atoms with Crippen LogP contribution in [0.1, 0.15) is 12.8 Å². The van der Waals surface area contributed by atoms with E-state index in [0.717, 1.165) is 10.8 Å². The molecule has 25 heavy (non-hydrogen) atoms. The first-order valence-electron chi connectivity index (χ1n) is 7.89. The summed E-state index contributed by atoms with van der Waals surface area (Å²) in [6.07, 6.45) is 0.795. The molecule has 0 N–H and O–H groups in total. The summed E-state index contributed by atoms with van der Waals surface area (Å²) in [5.74, 6) is 0.806. The van der Waals surface area contributed by atoms with E-state index in [1.165, 1.54) is 0 Å². The van der Waals surface area contributed by atoms with E-state index in [2.05, 4.69) is 0 Å². The highest BCUT2D eigenvalue weighted by atomic mass is 35.5. The molecular weight excluding hydrogens is 359 g/mol. The average Bonchev–Trinajstić information content (AvgIpc) is 2.60. The van der Waals surface area contributed by atoms with Gasteiger partial charge in [-0.2, -0.15) is 0 Å². The van der Waals surface area contributed by atoms with E-state index in [1.807, 2.05) is 36.4 Å². The number of carbonyl (C=O) groups excluding carboxylic acids is 1. The summed E-state index contributed by atoms with van der Waals surface area (Å²) in [7, 11) is 0. The largest absolute Gasteiger partial charge is 0.492 e. The van der Waals surface area contributed by atoms with Gasteiger partial charge in [-0.3, -0.25) is 4.79 Å². The summed E-state index contributed by atoms with van der Waals surface area (Å²) >= 11 is 11.9. The molecule has 0 saturated carbocycles. The molecule has 0 unspecified atom stereocenters. The minimum atomic E-state index is -0.291. The first kappa shape index (κ1) is 17.6. The van der Waals surface area contributed by atoms with Crippen molar-refractivity contribution in [2.45, 2.75) is 12.8 Å². The standard InChI is InChI=1S/C20H16Cl2O3/c21-16-8-10-19(18(22)13-16)24-11-3-6-20(23)25-17-9-7-14-4-1-2-5-15(14)12-17/h1-2,4-5,7-10,12-13H,3,6,11H2. The van der Waals surface area contributed by atoms with Gasteiger partial charge in [-0.15, -0.1) is 0 Å². The van der Waals surface area contributed by atoms with Crippen molar-refractivity contribution in [3.8, 4) is 11.5 Å². The normalized spacial score (nSPS) is 10.6. The summed E-state index contributed by atoms with van der Waals surface area (Å²) in [6.45, 7) is 0.369. The third-order valence-corrected chi connectivity index (χ3v) is 4.16. The molecule has 5 heteroatoms. The lowest BCUT2D eigenvalue weighted by molar-refractivity contribution is -0.134. The number of esters is 1. The van der Waals surface area contributed by atoms with E-state index in [-0.39, 0.29) is 12.4 Å². The number of carbonyl (C=O) groups is 1. The van der Waals surface area contributed by atoms with Gasteiger partial charge in [0.15, 0.2) is 0 Å². The Bertz CT molecular complexity index is 893. The lowest BCUT2D eigenvalue weighted by atomic mass is 10.1. The van der Waals surface area contributed by atoms with Crippen LogP contribution in [0.2, 0.25) is 10.0 Å². The Balaban J connectivity index is 1.47. The van der Waals surface area contributed by atoms with Gasteiger partial charge in [0.25, 0.3) is 0 Å². The lowest BCUT2D eigenvalue weighted by Gasteiger charge is -2.08. The third kappa shape index (κ3) is 4.88.